The fourth-order valence-corrected chi connectivity index (χ4v) is 5.59. The molecule has 2 N–H and O–H groups in total. The Bertz CT molecular complexity index is 1350. The van der Waals surface area contributed by atoms with Crippen LogP contribution in [0.3, 0.4) is 0 Å². The van der Waals surface area contributed by atoms with Gasteiger partial charge in [-0.25, -0.2) is 9.18 Å². The summed E-state index contributed by atoms with van der Waals surface area (Å²) in [7, 11) is 0. The highest BCUT2D eigenvalue weighted by atomic mass is 19.1. The van der Waals surface area contributed by atoms with Gasteiger partial charge in [-0.1, -0.05) is 6.07 Å². The molecule has 1 aliphatic carbocycles. The molecule has 1 saturated heterocycles. The van der Waals surface area contributed by atoms with Gasteiger partial charge in [-0.3, -0.25) is 4.98 Å². The molecular weight excluding hydrogens is 421 g/mol. The molecule has 2 aromatic carbocycles. The number of fused-ring (bicyclic) bond motifs is 4. The molecule has 6 rings (SSSR count). The third kappa shape index (κ3) is 4.06. The van der Waals surface area contributed by atoms with Crippen LogP contribution in [0.2, 0.25) is 0 Å². The summed E-state index contributed by atoms with van der Waals surface area (Å²) in [5, 5.41) is 1.05. The number of nitrogens with zero attached hydrogens (tertiary/aromatic N) is 1. The average Bonchev–Trinajstić information content (AvgIpc) is 3.38. The second-order valence-electron chi connectivity index (χ2n) is 9.58. The number of aryl methyl sites for hydroxylation is 1. The number of aromatic nitrogens is 2. The third-order valence-electron chi connectivity index (χ3n) is 7.36. The van der Waals surface area contributed by atoms with Crippen LogP contribution in [-0.4, -0.2) is 41.1 Å². The number of piperidine rings is 1. The number of nitrogens with one attached hydrogen (secondary N) is 2. The molecule has 0 bridgehead atoms. The summed E-state index contributed by atoms with van der Waals surface area (Å²) in [5.41, 5.74) is 4.82. The summed E-state index contributed by atoms with van der Waals surface area (Å²) in [6, 6.07) is 10.6. The summed E-state index contributed by atoms with van der Waals surface area (Å²) in [6.45, 7) is 3.88. The first-order valence-electron chi connectivity index (χ1n) is 11.9. The first-order chi connectivity index (χ1) is 16.1. The van der Waals surface area contributed by atoms with Crippen molar-refractivity contribution in [2.45, 2.75) is 32.1 Å². The number of benzene rings is 2. The van der Waals surface area contributed by atoms with Gasteiger partial charge in [0.2, 0.25) is 0 Å². The number of para-hydroxylation sites is 1. The quantitative estimate of drug-likeness (QED) is 0.466. The van der Waals surface area contributed by atoms with E-state index in [9.17, 15) is 9.18 Å². The van der Waals surface area contributed by atoms with Crippen molar-refractivity contribution in [3.05, 3.63) is 64.0 Å². The smallest absolute Gasteiger partial charge is 0.417 e. The van der Waals surface area contributed by atoms with E-state index < -0.39 is 5.76 Å². The van der Waals surface area contributed by atoms with E-state index in [4.69, 9.17) is 9.15 Å². The first kappa shape index (κ1) is 20.5. The Balaban J connectivity index is 1.03. The van der Waals surface area contributed by atoms with Crippen molar-refractivity contribution in [3.63, 3.8) is 0 Å². The molecule has 2 aliphatic rings. The zero-order valence-electron chi connectivity index (χ0n) is 18.5. The van der Waals surface area contributed by atoms with Crippen molar-refractivity contribution in [2.24, 2.45) is 11.8 Å². The van der Waals surface area contributed by atoms with Crippen LogP contribution in [0, 0.1) is 17.7 Å². The number of hydrogen-bond donors (Lipinski definition) is 2. The lowest BCUT2D eigenvalue weighted by Crippen LogP contribution is -2.39. The number of aromatic amines is 2. The minimum absolute atomic E-state index is 0.161. The molecule has 0 saturated carbocycles. The lowest BCUT2D eigenvalue weighted by atomic mass is 9.85. The number of hydrogen-bond acceptors (Lipinski definition) is 4. The topological polar surface area (TPSA) is 74.3 Å². The molecule has 1 atom stereocenters. The van der Waals surface area contributed by atoms with Crippen molar-refractivity contribution in [2.75, 3.05) is 26.2 Å². The van der Waals surface area contributed by atoms with E-state index in [2.05, 4.69) is 14.9 Å². The van der Waals surface area contributed by atoms with Gasteiger partial charge in [-0.2, -0.15) is 0 Å². The molecule has 4 aromatic rings. The molecule has 1 aliphatic heterocycles. The molecule has 0 amide bonds. The van der Waals surface area contributed by atoms with E-state index in [1.54, 1.807) is 6.07 Å². The van der Waals surface area contributed by atoms with Gasteiger partial charge in [0, 0.05) is 23.1 Å². The molecule has 1 fully saturated rings. The SMILES string of the molecule is O=c1[nH]c2cccc(OCC3CCN(CC4CCc5[nH]c6ccc(F)cc6c5C4)CC3)c2o1. The van der Waals surface area contributed by atoms with Gasteiger partial charge in [-0.15, -0.1) is 0 Å². The fraction of sp³-hybridized carbons (Fsp3) is 0.423. The number of oxazole rings is 1. The van der Waals surface area contributed by atoms with Crippen LogP contribution in [0.5, 0.6) is 5.75 Å². The zero-order valence-corrected chi connectivity index (χ0v) is 18.5. The molecule has 0 radical (unpaired) electrons. The van der Waals surface area contributed by atoms with E-state index >= 15 is 0 Å². The minimum Gasteiger partial charge on any atom is -0.489 e. The van der Waals surface area contributed by atoms with Crippen molar-refractivity contribution in [1.29, 1.82) is 0 Å². The maximum atomic E-state index is 13.8. The minimum atomic E-state index is -0.457. The van der Waals surface area contributed by atoms with Gasteiger partial charge in [-0.05, 0) is 92.9 Å². The molecule has 7 heteroatoms. The van der Waals surface area contributed by atoms with Crippen LogP contribution in [0.4, 0.5) is 4.39 Å². The van der Waals surface area contributed by atoms with E-state index in [0.717, 1.165) is 56.2 Å². The standard InChI is InChI=1S/C26H28FN3O3/c27-18-5-7-22-20(13-18)19-12-17(4-6-21(19)28-22)14-30-10-8-16(9-11-30)15-32-24-3-1-2-23-25(24)33-26(31)29-23/h1-3,5,7,13,16-17,28H,4,6,8-12,14-15H2,(H,29,31). The van der Waals surface area contributed by atoms with E-state index in [0.29, 0.717) is 35.3 Å². The van der Waals surface area contributed by atoms with E-state index in [1.165, 1.54) is 23.7 Å². The second kappa shape index (κ2) is 8.37. The summed E-state index contributed by atoms with van der Waals surface area (Å²) in [5.74, 6) is 1.12. The van der Waals surface area contributed by atoms with E-state index in [1.807, 2.05) is 24.3 Å². The van der Waals surface area contributed by atoms with Crippen LogP contribution in [0.15, 0.2) is 45.6 Å². The summed E-state index contributed by atoms with van der Waals surface area (Å²) in [6.07, 6.45) is 5.44. The second-order valence-corrected chi connectivity index (χ2v) is 9.58. The Morgan fingerprint density at radius 1 is 1.06 bits per heavy atom. The molecule has 172 valence electrons. The summed E-state index contributed by atoms with van der Waals surface area (Å²) >= 11 is 0. The summed E-state index contributed by atoms with van der Waals surface area (Å²) in [4.78, 5) is 20.2. The Labute approximate surface area is 190 Å². The summed E-state index contributed by atoms with van der Waals surface area (Å²) < 4.78 is 25.0. The van der Waals surface area contributed by atoms with Gasteiger partial charge in [0.05, 0.1) is 12.1 Å². The normalized spacial score (nSPS) is 19.8. The van der Waals surface area contributed by atoms with Gasteiger partial charge < -0.3 is 19.0 Å². The van der Waals surface area contributed by atoms with Crippen molar-refractivity contribution < 1.29 is 13.5 Å². The van der Waals surface area contributed by atoms with Gasteiger partial charge >= 0.3 is 5.76 Å². The monoisotopic (exact) mass is 449 g/mol. The largest absolute Gasteiger partial charge is 0.489 e. The highest BCUT2D eigenvalue weighted by Crippen LogP contribution is 2.33. The van der Waals surface area contributed by atoms with Crippen LogP contribution < -0.4 is 10.5 Å². The van der Waals surface area contributed by atoms with Crippen LogP contribution >= 0.6 is 0 Å². The maximum absolute atomic E-state index is 13.8. The van der Waals surface area contributed by atoms with E-state index in [-0.39, 0.29) is 5.82 Å². The van der Waals surface area contributed by atoms with Crippen molar-refractivity contribution in [1.82, 2.24) is 14.9 Å². The average molecular weight is 450 g/mol. The van der Waals surface area contributed by atoms with Gasteiger partial charge in [0.1, 0.15) is 5.82 Å². The highest BCUT2D eigenvalue weighted by molar-refractivity contribution is 5.85. The lowest BCUT2D eigenvalue weighted by molar-refractivity contribution is 0.124. The Morgan fingerprint density at radius 2 is 1.94 bits per heavy atom. The first-order valence-corrected chi connectivity index (χ1v) is 11.9. The lowest BCUT2D eigenvalue weighted by Gasteiger charge is -2.35. The van der Waals surface area contributed by atoms with Crippen LogP contribution in [0.1, 0.15) is 30.5 Å². The van der Waals surface area contributed by atoms with Gasteiger partial charge in [0.15, 0.2) is 11.3 Å². The number of ether oxygens (including phenoxy) is 1. The Morgan fingerprint density at radius 3 is 2.82 bits per heavy atom. The maximum Gasteiger partial charge on any atom is 0.417 e. The molecule has 6 nitrogen and oxygen atoms in total. The number of H-pyrrole nitrogens is 2. The highest BCUT2D eigenvalue weighted by Gasteiger charge is 2.27. The van der Waals surface area contributed by atoms with Crippen molar-refractivity contribution in [3.8, 4) is 5.75 Å². The predicted octanol–water partition coefficient (Wildman–Crippen LogP) is 4.64. The number of rotatable bonds is 5. The van der Waals surface area contributed by atoms with Crippen LogP contribution in [-0.2, 0) is 12.8 Å². The zero-order chi connectivity index (χ0) is 22.4. The molecule has 0 spiro atoms. The van der Waals surface area contributed by atoms with Crippen molar-refractivity contribution >= 4 is 22.0 Å². The molecule has 2 aromatic heterocycles. The molecule has 33 heavy (non-hydrogen) atoms. The fourth-order valence-electron chi connectivity index (χ4n) is 5.59. The Hall–Kier alpha value is -3.06. The Kier molecular flexibility index (Phi) is 5.21. The molecule has 3 heterocycles. The number of likely N-dealkylation sites (tertiary alicyclic amines) is 1. The number of halogens is 1. The molecular formula is C26H28FN3O3. The van der Waals surface area contributed by atoms with Gasteiger partial charge in [0.25, 0.3) is 0 Å². The molecule has 1 unspecified atom stereocenters. The third-order valence-corrected chi connectivity index (χ3v) is 7.36. The predicted molar refractivity (Wildman–Crippen MR) is 125 cm³/mol. The van der Waals surface area contributed by atoms with Crippen LogP contribution in [0.25, 0.3) is 22.0 Å².